The van der Waals surface area contributed by atoms with Crippen molar-refractivity contribution in [3.8, 4) is 0 Å². The quantitative estimate of drug-likeness (QED) is 0.349. The third-order valence-corrected chi connectivity index (χ3v) is 9.73. The lowest BCUT2D eigenvalue weighted by Crippen LogP contribution is -2.56. The fourth-order valence-corrected chi connectivity index (χ4v) is 8.12. The molecule has 1 heterocycles. The van der Waals surface area contributed by atoms with Gasteiger partial charge < -0.3 is 5.32 Å². The lowest BCUT2D eigenvalue weighted by Gasteiger charge is -2.55. The number of halogens is 2. The van der Waals surface area contributed by atoms with Crippen LogP contribution in [0.3, 0.4) is 0 Å². The number of carbonyl (C=O) groups excluding carboxylic acids is 3. The highest BCUT2D eigenvalue weighted by Gasteiger charge is 2.72. The summed E-state index contributed by atoms with van der Waals surface area (Å²) in [4.78, 5) is 40.6. The number of rotatable bonds is 2. The first kappa shape index (κ1) is 20.8. The molecule has 4 aliphatic rings. The van der Waals surface area contributed by atoms with E-state index in [-0.39, 0.29) is 17.7 Å². The van der Waals surface area contributed by atoms with Crippen molar-refractivity contribution in [2.45, 2.75) is 15.6 Å². The van der Waals surface area contributed by atoms with Gasteiger partial charge in [-0.2, -0.15) is 0 Å². The van der Waals surface area contributed by atoms with Crippen LogP contribution in [0.1, 0.15) is 29.2 Å². The topological polar surface area (TPSA) is 66.5 Å². The monoisotopic (exact) mass is 564 g/mol. The fraction of sp³-hybridized carbons (Fsp3) is 0.192. The molecule has 5 nitrogen and oxygen atoms in total. The molecule has 3 amide bonds. The van der Waals surface area contributed by atoms with Crippen LogP contribution in [-0.4, -0.2) is 17.7 Å². The van der Waals surface area contributed by atoms with Crippen molar-refractivity contribution >= 4 is 61.0 Å². The highest BCUT2D eigenvalue weighted by Crippen LogP contribution is 2.70. The maximum absolute atomic E-state index is 14.0. The van der Waals surface area contributed by atoms with Crippen molar-refractivity contribution in [1.82, 2.24) is 0 Å². The average molecular weight is 566 g/mol. The van der Waals surface area contributed by atoms with Crippen LogP contribution in [0.25, 0.3) is 0 Å². The second-order valence-corrected chi connectivity index (χ2v) is 11.2. The summed E-state index contributed by atoms with van der Waals surface area (Å²) in [5, 5.41) is 2.71. The van der Waals surface area contributed by atoms with Gasteiger partial charge in [0.25, 0.3) is 0 Å². The van der Waals surface area contributed by atoms with E-state index in [1.807, 2.05) is 48.5 Å². The Hall–Kier alpha value is -2.77. The molecule has 1 saturated heterocycles. The zero-order chi connectivity index (χ0) is 23.1. The molecule has 2 bridgehead atoms. The molecule has 3 aromatic carbocycles. The van der Waals surface area contributed by atoms with E-state index in [9.17, 15) is 14.4 Å². The molecule has 1 aliphatic heterocycles. The second-order valence-electron chi connectivity index (χ2n) is 8.71. The van der Waals surface area contributed by atoms with Crippen LogP contribution in [0, 0.1) is 11.8 Å². The Kier molecular flexibility index (Phi) is 4.33. The van der Waals surface area contributed by atoms with E-state index in [4.69, 9.17) is 0 Å². The van der Waals surface area contributed by atoms with Gasteiger partial charge in [-0.05, 0) is 46.5 Å². The average Bonchev–Trinajstić information content (AvgIpc) is 3.09. The van der Waals surface area contributed by atoms with Gasteiger partial charge in [-0.3, -0.25) is 14.4 Å². The molecule has 33 heavy (non-hydrogen) atoms. The molecule has 0 unspecified atom stereocenters. The van der Waals surface area contributed by atoms with E-state index >= 15 is 0 Å². The van der Waals surface area contributed by atoms with Crippen molar-refractivity contribution in [3.05, 3.63) is 95.1 Å². The van der Waals surface area contributed by atoms with Crippen LogP contribution in [-0.2, 0) is 23.0 Å². The van der Waals surface area contributed by atoms with Gasteiger partial charge in [0.05, 0.1) is 26.2 Å². The Bertz CT molecular complexity index is 1250. The molecule has 164 valence electrons. The number of hydrogen-bond acceptors (Lipinski definition) is 3. The Labute approximate surface area is 207 Å². The molecule has 7 rings (SSSR count). The highest BCUT2D eigenvalue weighted by molar-refractivity contribution is 9.10. The standard InChI is InChI=1S/C26H18Br2N2O3/c1-14(31)29-15-10-12-16(13-11-15)30-23(32)21-22(24(30)33)26(28)18-7-3-2-6-17(18)25(21,27)19-8-4-5-9-20(19)26/h2-13,21-22H,1H3,(H,29,31)/t21-,22-,25?,26?/m0/s1. The van der Waals surface area contributed by atoms with Gasteiger partial charge in [0.1, 0.15) is 0 Å². The molecule has 0 radical (unpaired) electrons. The SMILES string of the molecule is CC(=O)Nc1ccc(N2C(=O)[C@@H]3[C@@H](C2=O)C2(Br)c4ccccc4C3(Br)c3ccccc32)cc1. The number of nitrogens with zero attached hydrogens (tertiary/aromatic N) is 1. The Balaban J connectivity index is 1.54. The smallest absolute Gasteiger partial charge is 0.239 e. The predicted octanol–water partition coefficient (Wildman–Crippen LogP) is 5.05. The van der Waals surface area contributed by atoms with Crippen molar-refractivity contribution in [3.63, 3.8) is 0 Å². The molecule has 2 atom stereocenters. The predicted molar refractivity (Wildman–Crippen MR) is 133 cm³/mol. The summed E-state index contributed by atoms with van der Waals surface area (Å²) in [5.74, 6) is -1.87. The lowest BCUT2D eigenvalue weighted by molar-refractivity contribution is -0.122. The normalized spacial score (nSPS) is 28.9. The van der Waals surface area contributed by atoms with Crippen LogP contribution in [0.5, 0.6) is 0 Å². The van der Waals surface area contributed by atoms with E-state index in [1.165, 1.54) is 11.8 Å². The van der Waals surface area contributed by atoms with E-state index in [0.717, 1.165) is 22.3 Å². The van der Waals surface area contributed by atoms with Crippen LogP contribution >= 0.6 is 31.9 Å². The van der Waals surface area contributed by atoms with Crippen LogP contribution in [0.2, 0.25) is 0 Å². The van der Waals surface area contributed by atoms with Gasteiger partial charge in [-0.15, -0.1) is 0 Å². The van der Waals surface area contributed by atoms with E-state index < -0.39 is 20.5 Å². The van der Waals surface area contributed by atoms with Crippen molar-refractivity contribution in [1.29, 1.82) is 0 Å². The van der Waals surface area contributed by atoms with Crippen molar-refractivity contribution < 1.29 is 14.4 Å². The molecular weight excluding hydrogens is 548 g/mol. The maximum Gasteiger partial charge on any atom is 0.239 e. The molecule has 1 N–H and O–H groups in total. The van der Waals surface area contributed by atoms with Gasteiger partial charge >= 0.3 is 0 Å². The van der Waals surface area contributed by atoms with Crippen molar-refractivity contribution in [2.75, 3.05) is 10.2 Å². The summed E-state index contributed by atoms with van der Waals surface area (Å²) in [6.07, 6.45) is 0. The summed E-state index contributed by atoms with van der Waals surface area (Å²) in [7, 11) is 0. The summed E-state index contributed by atoms with van der Waals surface area (Å²) in [6.45, 7) is 1.43. The van der Waals surface area contributed by atoms with Crippen LogP contribution in [0.4, 0.5) is 11.4 Å². The van der Waals surface area contributed by atoms with Gasteiger partial charge in [-0.1, -0.05) is 80.4 Å². The van der Waals surface area contributed by atoms with Gasteiger partial charge in [0, 0.05) is 12.6 Å². The molecule has 0 saturated carbocycles. The third kappa shape index (κ3) is 2.49. The number of anilines is 2. The fourth-order valence-electron chi connectivity index (χ4n) is 5.82. The zero-order valence-corrected chi connectivity index (χ0v) is 20.7. The van der Waals surface area contributed by atoms with E-state index in [0.29, 0.717) is 11.4 Å². The number of benzene rings is 3. The molecule has 0 aromatic heterocycles. The molecule has 0 spiro atoms. The first-order chi connectivity index (χ1) is 15.8. The lowest BCUT2D eigenvalue weighted by atomic mass is 9.54. The number of nitrogens with one attached hydrogen (secondary N) is 1. The first-order valence-corrected chi connectivity index (χ1v) is 12.2. The molecule has 3 aromatic rings. The van der Waals surface area contributed by atoms with Crippen LogP contribution < -0.4 is 10.2 Å². The molecule has 3 aliphatic carbocycles. The highest BCUT2D eigenvalue weighted by atomic mass is 79.9. The molecule has 1 fully saturated rings. The Morgan fingerprint density at radius 2 is 1.15 bits per heavy atom. The van der Waals surface area contributed by atoms with Gasteiger partial charge in [-0.25, -0.2) is 4.90 Å². The molecule has 7 heteroatoms. The number of amides is 3. The second kappa shape index (κ2) is 6.87. The Morgan fingerprint density at radius 3 is 1.52 bits per heavy atom. The van der Waals surface area contributed by atoms with Gasteiger partial charge in [0.2, 0.25) is 17.7 Å². The minimum Gasteiger partial charge on any atom is -0.326 e. The zero-order valence-electron chi connectivity index (χ0n) is 17.5. The minimum absolute atomic E-state index is 0.184. The summed E-state index contributed by atoms with van der Waals surface area (Å²) in [5.41, 5.74) is 5.12. The van der Waals surface area contributed by atoms with Gasteiger partial charge in [0.15, 0.2) is 0 Å². The summed E-state index contributed by atoms with van der Waals surface area (Å²) < 4.78 is -1.62. The maximum atomic E-state index is 14.0. The van der Waals surface area contributed by atoms with E-state index in [2.05, 4.69) is 37.2 Å². The third-order valence-electron chi connectivity index (χ3n) is 7.03. The first-order valence-electron chi connectivity index (χ1n) is 10.6. The largest absolute Gasteiger partial charge is 0.326 e. The summed E-state index contributed by atoms with van der Waals surface area (Å²) in [6, 6.07) is 22.8. The number of carbonyl (C=O) groups is 3. The number of hydrogen-bond donors (Lipinski definition) is 1. The minimum atomic E-state index is -0.808. The molecular formula is C26H18Br2N2O3. The van der Waals surface area contributed by atoms with E-state index in [1.54, 1.807) is 24.3 Å². The Morgan fingerprint density at radius 1 is 0.758 bits per heavy atom. The number of alkyl halides is 2. The number of imide groups is 1. The summed E-state index contributed by atoms with van der Waals surface area (Å²) >= 11 is 8.00. The van der Waals surface area contributed by atoms with Crippen LogP contribution in [0.15, 0.2) is 72.8 Å². The van der Waals surface area contributed by atoms with Crippen molar-refractivity contribution in [2.24, 2.45) is 11.8 Å².